The van der Waals surface area contributed by atoms with Crippen molar-refractivity contribution in [2.24, 2.45) is 28.4 Å². The molecule has 0 aliphatic heterocycles. The van der Waals surface area contributed by atoms with Crippen molar-refractivity contribution in [3.63, 3.8) is 0 Å². The van der Waals surface area contributed by atoms with Crippen molar-refractivity contribution in [3.05, 3.63) is 39.8 Å². The highest BCUT2D eigenvalue weighted by molar-refractivity contribution is 5.84. The molecule has 142 valence electrons. The van der Waals surface area contributed by atoms with Crippen molar-refractivity contribution in [2.75, 3.05) is 6.54 Å². The number of hydrogen-bond donors (Lipinski definition) is 2. The Kier molecular flexibility index (Phi) is 4.22. The molecule has 4 N–H and O–H groups in total. The molecule has 8 nitrogen and oxygen atoms in total. The normalized spacial score (nSPS) is 34.1. The molecule has 1 aromatic rings. The van der Waals surface area contributed by atoms with Gasteiger partial charge in [-0.25, -0.2) is 0 Å². The van der Waals surface area contributed by atoms with E-state index in [9.17, 15) is 9.59 Å². The molecule has 4 rings (SSSR count). The Morgan fingerprint density at radius 1 is 1.30 bits per heavy atom. The highest BCUT2D eigenvalue weighted by Crippen LogP contribution is 2.56. The van der Waals surface area contributed by atoms with Gasteiger partial charge in [0, 0.05) is 22.8 Å². The summed E-state index contributed by atoms with van der Waals surface area (Å²) in [4.78, 5) is 26.4. The average Bonchev–Trinajstić information content (AvgIpc) is 3.03. The first kappa shape index (κ1) is 18.0. The smallest absolute Gasteiger partial charge is 0.317 e. The zero-order valence-electron chi connectivity index (χ0n) is 15.1. The number of ketones is 1. The Labute approximate surface area is 156 Å². The van der Waals surface area contributed by atoms with Gasteiger partial charge in [0.15, 0.2) is 0 Å². The number of rotatable bonds is 3. The van der Waals surface area contributed by atoms with Gasteiger partial charge in [-0.1, -0.05) is 11.2 Å². The van der Waals surface area contributed by atoms with Gasteiger partial charge in [0.25, 0.3) is 0 Å². The molecule has 0 aromatic heterocycles. The number of carbonyl (C=O) groups excluding carboxylic acids is 2. The molecule has 27 heavy (non-hydrogen) atoms. The maximum Gasteiger partial charge on any atom is 0.317 e. The van der Waals surface area contributed by atoms with Gasteiger partial charge in [0.1, 0.15) is 18.1 Å². The standard InChI is InChI=1S/C19H23N5O3/c20-18-8-6-13-15(3-4-16(13)25)19(18,21)7-5-11-9-12(1-2-14(11)18)27-17(26)10-23-24-22/h1-2,9,13,15H,3-8,10,20-21H2/t13?,15?,18-,19+/m0/s1. The maximum atomic E-state index is 12.2. The van der Waals surface area contributed by atoms with Crippen LogP contribution >= 0.6 is 0 Å². The molecule has 0 spiro atoms. The largest absolute Gasteiger partial charge is 0.426 e. The Hall–Kier alpha value is -2.41. The molecule has 0 radical (unpaired) electrons. The summed E-state index contributed by atoms with van der Waals surface area (Å²) in [7, 11) is 0. The number of aryl methyl sites for hydroxylation is 1. The first-order valence-corrected chi connectivity index (χ1v) is 9.34. The summed E-state index contributed by atoms with van der Waals surface area (Å²) in [6.07, 6.45) is 4.33. The van der Waals surface area contributed by atoms with Crippen LogP contribution in [0, 0.1) is 11.8 Å². The monoisotopic (exact) mass is 369 g/mol. The fourth-order valence-corrected chi connectivity index (χ4v) is 5.50. The number of esters is 1. The third-order valence-electron chi connectivity index (χ3n) is 6.80. The molecule has 0 heterocycles. The Bertz CT molecular complexity index is 865. The molecular formula is C19H23N5O3. The number of nitrogens with two attached hydrogens (primary N) is 2. The zero-order chi connectivity index (χ0) is 19.2. The Morgan fingerprint density at radius 2 is 2.11 bits per heavy atom. The summed E-state index contributed by atoms with van der Waals surface area (Å²) in [6.45, 7) is -0.350. The molecule has 0 saturated heterocycles. The van der Waals surface area contributed by atoms with Crippen LogP contribution in [0.2, 0.25) is 0 Å². The molecule has 3 aliphatic carbocycles. The molecular weight excluding hydrogens is 346 g/mol. The highest BCUT2D eigenvalue weighted by atomic mass is 16.5. The summed E-state index contributed by atoms with van der Waals surface area (Å²) in [5.74, 6) is 0.321. The second kappa shape index (κ2) is 6.34. The van der Waals surface area contributed by atoms with E-state index in [0.29, 0.717) is 30.8 Å². The molecule has 0 bridgehead atoms. The number of nitrogens with zero attached hydrogens (tertiary/aromatic N) is 3. The summed E-state index contributed by atoms with van der Waals surface area (Å²) < 4.78 is 5.24. The van der Waals surface area contributed by atoms with Gasteiger partial charge in [-0.05, 0) is 66.8 Å². The molecule has 2 unspecified atom stereocenters. The molecule has 0 amide bonds. The Morgan fingerprint density at radius 3 is 2.89 bits per heavy atom. The lowest BCUT2D eigenvalue weighted by Gasteiger charge is -2.58. The van der Waals surface area contributed by atoms with Gasteiger partial charge < -0.3 is 16.2 Å². The number of benzene rings is 1. The number of fused-ring (bicyclic) bond motifs is 5. The van der Waals surface area contributed by atoms with Gasteiger partial charge in [-0.2, -0.15) is 0 Å². The first-order chi connectivity index (χ1) is 12.9. The van der Waals surface area contributed by atoms with Crippen LogP contribution in [0.1, 0.15) is 43.2 Å². The van der Waals surface area contributed by atoms with Crippen molar-refractivity contribution >= 4 is 11.8 Å². The van der Waals surface area contributed by atoms with Crippen LogP contribution in [0.4, 0.5) is 0 Å². The van der Waals surface area contributed by atoms with Crippen LogP contribution in [-0.2, 0) is 21.5 Å². The summed E-state index contributed by atoms with van der Waals surface area (Å²) >= 11 is 0. The lowest BCUT2D eigenvalue weighted by molar-refractivity contribution is -0.132. The van der Waals surface area contributed by atoms with E-state index in [1.54, 1.807) is 6.07 Å². The van der Waals surface area contributed by atoms with Crippen molar-refractivity contribution in [1.82, 2.24) is 0 Å². The predicted octanol–water partition coefficient (Wildman–Crippen LogP) is 2.09. The van der Waals surface area contributed by atoms with Crippen LogP contribution in [-0.4, -0.2) is 23.8 Å². The first-order valence-electron chi connectivity index (χ1n) is 9.34. The number of hydrogen-bond acceptors (Lipinski definition) is 6. The minimum absolute atomic E-state index is 0.0501. The quantitative estimate of drug-likeness (QED) is 0.275. The third-order valence-corrected chi connectivity index (χ3v) is 6.80. The van der Waals surface area contributed by atoms with Crippen molar-refractivity contribution in [2.45, 2.75) is 49.6 Å². The SMILES string of the molecule is [N-]=[N+]=NCC(=O)Oc1ccc2c(c1)CC[C@@]1(N)C3CCC(=O)C3CC[C@]21N. The Balaban J connectivity index is 1.64. The second-order valence-electron chi connectivity index (χ2n) is 7.95. The molecule has 1 aromatic carbocycles. The van der Waals surface area contributed by atoms with E-state index in [2.05, 4.69) is 10.0 Å². The lowest BCUT2D eigenvalue weighted by Crippen LogP contribution is -2.71. The average molecular weight is 369 g/mol. The zero-order valence-corrected chi connectivity index (χ0v) is 15.1. The number of azide groups is 1. The van der Waals surface area contributed by atoms with E-state index in [0.717, 1.165) is 30.4 Å². The summed E-state index contributed by atoms with van der Waals surface area (Å²) in [6, 6.07) is 5.42. The van der Waals surface area contributed by atoms with Crippen molar-refractivity contribution in [1.29, 1.82) is 0 Å². The molecule has 3 aliphatic rings. The molecule has 8 heteroatoms. The molecule has 4 atom stereocenters. The fraction of sp³-hybridized carbons (Fsp3) is 0.579. The van der Waals surface area contributed by atoms with Gasteiger partial charge in [-0.3, -0.25) is 9.59 Å². The van der Waals surface area contributed by atoms with E-state index in [1.165, 1.54) is 0 Å². The third kappa shape index (κ3) is 2.64. The van der Waals surface area contributed by atoms with Gasteiger partial charge in [0.05, 0.1) is 5.54 Å². The van der Waals surface area contributed by atoms with E-state index in [4.69, 9.17) is 21.7 Å². The highest BCUT2D eigenvalue weighted by Gasteiger charge is 2.61. The van der Waals surface area contributed by atoms with E-state index < -0.39 is 17.0 Å². The van der Waals surface area contributed by atoms with Gasteiger partial charge in [0.2, 0.25) is 0 Å². The van der Waals surface area contributed by atoms with Gasteiger partial charge in [-0.15, -0.1) is 0 Å². The summed E-state index contributed by atoms with van der Waals surface area (Å²) in [5, 5.41) is 3.21. The summed E-state index contributed by atoms with van der Waals surface area (Å²) in [5.41, 5.74) is 22.9. The topological polar surface area (TPSA) is 144 Å². The van der Waals surface area contributed by atoms with E-state index in [-0.39, 0.29) is 18.4 Å². The van der Waals surface area contributed by atoms with Crippen molar-refractivity contribution < 1.29 is 14.3 Å². The van der Waals surface area contributed by atoms with Crippen LogP contribution in [0.3, 0.4) is 0 Å². The minimum atomic E-state index is -0.681. The van der Waals surface area contributed by atoms with E-state index in [1.807, 2.05) is 12.1 Å². The second-order valence-corrected chi connectivity index (χ2v) is 7.95. The minimum Gasteiger partial charge on any atom is -0.426 e. The number of ether oxygens (including phenoxy) is 1. The van der Waals surface area contributed by atoms with Gasteiger partial charge >= 0.3 is 5.97 Å². The van der Waals surface area contributed by atoms with Crippen LogP contribution in [0.25, 0.3) is 10.4 Å². The van der Waals surface area contributed by atoms with E-state index >= 15 is 0 Å². The molecule has 2 saturated carbocycles. The molecule has 2 fully saturated rings. The van der Waals surface area contributed by atoms with Crippen LogP contribution in [0.5, 0.6) is 5.75 Å². The van der Waals surface area contributed by atoms with Crippen LogP contribution < -0.4 is 16.2 Å². The van der Waals surface area contributed by atoms with Crippen molar-refractivity contribution in [3.8, 4) is 5.75 Å². The fourth-order valence-electron chi connectivity index (χ4n) is 5.50. The number of carbonyl (C=O) groups is 2. The lowest BCUT2D eigenvalue weighted by atomic mass is 9.52. The predicted molar refractivity (Wildman–Crippen MR) is 97.6 cm³/mol. The maximum absolute atomic E-state index is 12.2. The van der Waals surface area contributed by atoms with Crippen LogP contribution in [0.15, 0.2) is 23.3 Å². The number of Topliss-reactive ketones (excluding diaryl/α,β-unsaturated/α-hetero) is 1.